The van der Waals surface area contributed by atoms with E-state index >= 15 is 0 Å². The fourth-order valence-electron chi connectivity index (χ4n) is 3.38. The number of hydrogen-bond acceptors (Lipinski definition) is 3. The quantitative estimate of drug-likeness (QED) is 0.737. The number of furan rings is 1. The van der Waals surface area contributed by atoms with Gasteiger partial charge in [-0.15, -0.1) is 0 Å². The molecule has 0 bridgehead atoms. The average Bonchev–Trinajstić information content (AvgIpc) is 3.22. The molecule has 0 radical (unpaired) electrons. The lowest BCUT2D eigenvalue weighted by Crippen LogP contribution is -2.24. The molecule has 2 amide bonds. The topological polar surface area (TPSA) is 71.3 Å². The molecular weight excluding hydrogens is 396 g/mol. The van der Waals surface area contributed by atoms with E-state index < -0.39 is 0 Å². The zero-order valence-corrected chi connectivity index (χ0v) is 16.6. The number of rotatable bonds is 5. The van der Waals surface area contributed by atoms with Crippen LogP contribution < -0.4 is 10.6 Å². The Morgan fingerprint density at radius 1 is 1.19 bits per heavy atom. The molecule has 2 N–H and O–H groups in total. The highest BCUT2D eigenvalue weighted by molar-refractivity contribution is 9.10. The van der Waals surface area contributed by atoms with Gasteiger partial charge in [0.15, 0.2) is 0 Å². The minimum Gasteiger partial charge on any atom is -0.465 e. The van der Waals surface area contributed by atoms with E-state index in [1.165, 1.54) is 0 Å². The molecule has 0 atom stereocenters. The van der Waals surface area contributed by atoms with Crippen LogP contribution in [0.25, 0.3) is 0 Å². The molecule has 0 saturated heterocycles. The molecule has 5 nitrogen and oxygen atoms in total. The molecule has 1 aliphatic carbocycles. The van der Waals surface area contributed by atoms with Crippen LogP contribution in [0.4, 0.5) is 5.69 Å². The van der Waals surface area contributed by atoms with Gasteiger partial charge in [-0.3, -0.25) is 9.59 Å². The maximum Gasteiger partial charge on any atom is 0.256 e. The Balaban J connectivity index is 1.61. The second-order valence-corrected chi connectivity index (χ2v) is 7.55. The Hall–Kier alpha value is -2.08. The molecule has 1 heterocycles. The molecule has 1 saturated carbocycles. The summed E-state index contributed by atoms with van der Waals surface area (Å²) in [5.74, 6) is 1.31. The largest absolute Gasteiger partial charge is 0.465 e. The minimum atomic E-state index is -0.188. The highest BCUT2D eigenvalue weighted by Crippen LogP contribution is 2.28. The number of anilines is 1. The van der Waals surface area contributed by atoms with E-state index in [-0.39, 0.29) is 17.7 Å². The Labute approximate surface area is 161 Å². The van der Waals surface area contributed by atoms with Crippen LogP contribution >= 0.6 is 15.9 Å². The van der Waals surface area contributed by atoms with Crippen molar-refractivity contribution in [2.45, 2.75) is 46.1 Å². The summed E-state index contributed by atoms with van der Waals surface area (Å²) in [6.07, 6.45) is 4.21. The number of hydrogen-bond donors (Lipinski definition) is 2. The lowest BCUT2D eigenvalue weighted by atomic mass is 10.1. The summed E-state index contributed by atoms with van der Waals surface area (Å²) in [7, 11) is 0. The molecule has 2 aromatic rings. The van der Waals surface area contributed by atoms with Crippen LogP contribution in [-0.4, -0.2) is 11.8 Å². The van der Waals surface area contributed by atoms with Gasteiger partial charge in [-0.1, -0.05) is 25.0 Å². The van der Waals surface area contributed by atoms with Crippen LogP contribution in [0.5, 0.6) is 0 Å². The average molecular weight is 419 g/mol. The van der Waals surface area contributed by atoms with Crippen LogP contribution in [0.1, 0.15) is 53.1 Å². The highest BCUT2D eigenvalue weighted by Gasteiger charge is 2.23. The monoisotopic (exact) mass is 418 g/mol. The van der Waals surface area contributed by atoms with Crippen molar-refractivity contribution in [3.63, 3.8) is 0 Å². The van der Waals surface area contributed by atoms with Crippen molar-refractivity contribution >= 4 is 33.4 Å². The molecule has 0 aliphatic heterocycles. The Morgan fingerprint density at radius 3 is 2.58 bits per heavy atom. The van der Waals surface area contributed by atoms with Gasteiger partial charge in [0.05, 0.1) is 10.0 Å². The van der Waals surface area contributed by atoms with Crippen molar-refractivity contribution in [2.75, 3.05) is 5.32 Å². The summed E-state index contributed by atoms with van der Waals surface area (Å²) in [5, 5.41) is 5.90. The molecular formula is C20H23BrN2O3. The third-order valence-electron chi connectivity index (χ3n) is 4.79. The number of carbonyl (C=O) groups is 2. The summed E-state index contributed by atoms with van der Waals surface area (Å²) in [6.45, 7) is 3.96. The van der Waals surface area contributed by atoms with Crippen molar-refractivity contribution in [1.82, 2.24) is 5.32 Å². The van der Waals surface area contributed by atoms with Crippen molar-refractivity contribution in [2.24, 2.45) is 5.92 Å². The highest BCUT2D eigenvalue weighted by atomic mass is 79.9. The van der Waals surface area contributed by atoms with Gasteiger partial charge < -0.3 is 15.1 Å². The van der Waals surface area contributed by atoms with E-state index in [1.54, 1.807) is 6.92 Å². The fourth-order valence-corrected chi connectivity index (χ4v) is 3.92. The summed E-state index contributed by atoms with van der Waals surface area (Å²) in [6, 6.07) is 7.58. The first-order valence-corrected chi connectivity index (χ1v) is 9.68. The summed E-state index contributed by atoms with van der Waals surface area (Å²) in [5.41, 5.74) is 2.22. The second-order valence-electron chi connectivity index (χ2n) is 6.76. The number of carbonyl (C=O) groups excluding carboxylic acids is 2. The Bertz CT molecular complexity index is 822. The number of aryl methyl sites for hydroxylation is 2. The summed E-state index contributed by atoms with van der Waals surface area (Å²) < 4.78 is 6.16. The standard InChI is InChI=1S/C20H23BrN2O3/c1-12-17(18(21)13(2)26-12)20(25)22-11-14-6-5-9-16(10-14)23-19(24)15-7-3-4-8-15/h5-6,9-10,15H,3-4,7-8,11H2,1-2H3,(H,22,25)(H,23,24). The maximum atomic E-state index is 12.4. The van der Waals surface area contributed by atoms with Crippen molar-refractivity contribution in [3.05, 3.63) is 51.4 Å². The van der Waals surface area contributed by atoms with Gasteiger partial charge in [0.1, 0.15) is 11.5 Å². The third-order valence-corrected chi connectivity index (χ3v) is 5.74. The van der Waals surface area contributed by atoms with Gasteiger partial charge in [-0.2, -0.15) is 0 Å². The van der Waals surface area contributed by atoms with Gasteiger partial charge in [-0.25, -0.2) is 0 Å². The first kappa shape index (κ1) is 18.7. The van der Waals surface area contributed by atoms with Gasteiger partial charge >= 0.3 is 0 Å². The summed E-state index contributed by atoms with van der Waals surface area (Å²) in [4.78, 5) is 24.7. The van der Waals surface area contributed by atoms with Crippen LogP contribution in [0, 0.1) is 19.8 Å². The van der Waals surface area contributed by atoms with E-state index in [0.29, 0.717) is 28.1 Å². The Morgan fingerprint density at radius 2 is 1.92 bits per heavy atom. The predicted molar refractivity (Wildman–Crippen MR) is 104 cm³/mol. The number of halogens is 1. The van der Waals surface area contributed by atoms with Crippen molar-refractivity contribution in [1.29, 1.82) is 0 Å². The number of amides is 2. The zero-order chi connectivity index (χ0) is 18.7. The molecule has 1 aromatic heterocycles. The van der Waals surface area contributed by atoms with Crippen LogP contribution in [0.3, 0.4) is 0 Å². The minimum absolute atomic E-state index is 0.0945. The summed E-state index contributed by atoms with van der Waals surface area (Å²) >= 11 is 3.40. The van der Waals surface area contributed by atoms with Gasteiger partial charge in [0.25, 0.3) is 5.91 Å². The van der Waals surface area contributed by atoms with Gasteiger partial charge in [-0.05, 0) is 60.3 Å². The van der Waals surface area contributed by atoms with Crippen molar-refractivity contribution in [3.8, 4) is 0 Å². The lowest BCUT2D eigenvalue weighted by molar-refractivity contribution is -0.119. The van der Waals surface area contributed by atoms with E-state index in [0.717, 1.165) is 36.9 Å². The molecule has 0 spiro atoms. The van der Waals surface area contributed by atoms with E-state index in [9.17, 15) is 9.59 Å². The smallest absolute Gasteiger partial charge is 0.256 e. The predicted octanol–water partition coefficient (Wildman–Crippen LogP) is 4.72. The molecule has 26 heavy (non-hydrogen) atoms. The fraction of sp³-hybridized carbons (Fsp3) is 0.400. The molecule has 138 valence electrons. The molecule has 6 heteroatoms. The third kappa shape index (κ3) is 4.18. The molecule has 1 aromatic carbocycles. The normalized spacial score (nSPS) is 14.4. The number of benzene rings is 1. The molecule has 1 fully saturated rings. The van der Waals surface area contributed by atoms with Gasteiger partial charge in [0, 0.05) is 18.2 Å². The first-order chi connectivity index (χ1) is 12.5. The Kier molecular flexibility index (Phi) is 5.81. The SMILES string of the molecule is Cc1oc(C)c(C(=O)NCc2cccc(NC(=O)C3CCCC3)c2)c1Br. The zero-order valence-electron chi connectivity index (χ0n) is 15.0. The van der Waals surface area contributed by atoms with Crippen molar-refractivity contribution < 1.29 is 14.0 Å². The molecule has 0 unspecified atom stereocenters. The van der Waals surface area contributed by atoms with E-state index in [1.807, 2.05) is 31.2 Å². The van der Waals surface area contributed by atoms with E-state index in [2.05, 4.69) is 26.6 Å². The number of nitrogens with one attached hydrogen (secondary N) is 2. The molecule has 3 rings (SSSR count). The van der Waals surface area contributed by atoms with Crippen LogP contribution in [0.2, 0.25) is 0 Å². The first-order valence-electron chi connectivity index (χ1n) is 8.89. The van der Waals surface area contributed by atoms with Gasteiger partial charge in [0.2, 0.25) is 5.91 Å². The molecule has 1 aliphatic rings. The van der Waals surface area contributed by atoms with E-state index in [4.69, 9.17) is 4.42 Å². The maximum absolute atomic E-state index is 12.4. The van der Waals surface area contributed by atoms with Crippen LogP contribution in [-0.2, 0) is 11.3 Å². The van der Waals surface area contributed by atoms with Crippen LogP contribution in [0.15, 0.2) is 33.2 Å². The lowest BCUT2D eigenvalue weighted by Gasteiger charge is -2.12. The second kappa shape index (κ2) is 8.08.